The number of benzene rings is 9. The average molecular weight is 958 g/mol. The quantitative estimate of drug-likeness (QED) is 0.135. The van der Waals surface area contributed by atoms with Crippen molar-refractivity contribution in [1.82, 2.24) is 34.5 Å². The highest BCUT2D eigenvalue weighted by Gasteiger charge is 2.26. The first-order chi connectivity index (χ1) is 37.0. The van der Waals surface area contributed by atoms with E-state index in [1.807, 2.05) is 164 Å². The number of para-hydroxylation sites is 1. The molecule has 0 radical (unpaired) electrons. The van der Waals surface area contributed by atoms with Crippen molar-refractivity contribution in [1.29, 1.82) is 21.0 Å². The Balaban J connectivity index is 1.21. The van der Waals surface area contributed by atoms with Gasteiger partial charge in [-0.2, -0.15) is 21.0 Å². The maximum absolute atomic E-state index is 10.4. The maximum atomic E-state index is 10.4. The van der Waals surface area contributed by atoms with Crippen molar-refractivity contribution in [3.8, 4) is 121 Å². The minimum atomic E-state index is 0.359. The summed E-state index contributed by atoms with van der Waals surface area (Å²) in [5.74, 6) is 2.73. The molecular weight excluding hydrogens is 923 g/mol. The van der Waals surface area contributed by atoms with E-state index in [1.54, 1.807) is 36.4 Å². The number of aromatic nitrogens is 7. The molecule has 0 N–H and O–H groups in total. The molecule has 3 aromatic heterocycles. The van der Waals surface area contributed by atoms with E-state index in [9.17, 15) is 21.0 Å². The summed E-state index contributed by atoms with van der Waals surface area (Å²) in [4.78, 5) is 31.2. The van der Waals surface area contributed by atoms with Gasteiger partial charge in [0.2, 0.25) is 0 Å². The molecule has 0 saturated carbocycles. The highest BCUT2D eigenvalue weighted by molar-refractivity contribution is 6.13. The summed E-state index contributed by atoms with van der Waals surface area (Å²) in [7, 11) is 0. The van der Waals surface area contributed by atoms with Crippen LogP contribution in [0, 0.1) is 45.3 Å². The van der Waals surface area contributed by atoms with Crippen LogP contribution in [0.3, 0.4) is 0 Å². The van der Waals surface area contributed by atoms with Gasteiger partial charge < -0.3 is 4.57 Å². The molecule has 0 spiro atoms. The Kier molecular flexibility index (Phi) is 11.5. The lowest BCUT2D eigenvalue weighted by Gasteiger charge is -2.19. The Morgan fingerprint density at radius 3 is 0.960 bits per heavy atom. The molecule has 0 unspecified atom stereocenters. The van der Waals surface area contributed by atoms with Crippen LogP contribution in [0.5, 0.6) is 0 Å². The van der Waals surface area contributed by atoms with Gasteiger partial charge >= 0.3 is 0 Å². The summed E-state index contributed by atoms with van der Waals surface area (Å²) in [5, 5.41) is 41.9. The molecular formula is C64H35N11. The second-order valence-corrected chi connectivity index (χ2v) is 17.5. The lowest BCUT2D eigenvalue weighted by molar-refractivity contribution is 1.05. The van der Waals surface area contributed by atoms with Crippen molar-refractivity contribution in [2.24, 2.45) is 0 Å². The monoisotopic (exact) mass is 957 g/mol. The predicted octanol–water partition coefficient (Wildman–Crippen LogP) is 14.0. The summed E-state index contributed by atoms with van der Waals surface area (Å²) in [6.45, 7) is 0. The Hall–Kier alpha value is -11.2. The third-order valence-electron chi connectivity index (χ3n) is 13.1. The number of nitriles is 4. The van der Waals surface area contributed by atoms with Crippen molar-refractivity contribution in [3.63, 3.8) is 0 Å². The molecule has 0 fully saturated rings. The predicted molar refractivity (Wildman–Crippen MR) is 290 cm³/mol. The van der Waals surface area contributed by atoms with Gasteiger partial charge in [-0.1, -0.05) is 152 Å². The minimum absolute atomic E-state index is 0.359. The number of hydrogen-bond donors (Lipinski definition) is 0. The molecule has 11 heteroatoms. The van der Waals surface area contributed by atoms with Gasteiger partial charge in [0, 0.05) is 44.2 Å². The van der Waals surface area contributed by atoms with Crippen LogP contribution in [-0.4, -0.2) is 34.5 Å². The van der Waals surface area contributed by atoms with Crippen molar-refractivity contribution in [2.75, 3.05) is 0 Å². The van der Waals surface area contributed by atoms with Gasteiger partial charge in [0.15, 0.2) is 34.9 Å². The van der Waals surface area contributed by atoms with Gasteiger partial charge in [-0.05, 0) is 82.9 Å². The zero-order valence-electron chi connectivity index (χ0n) is 39.6. The standard InChI is InChI=1S/C64H35N11/c65-36-40-24-28-50(48(32-40)38-67)46-26-30-56-54(34-46)55-35-47(51-29-25-41(37-66)33-49(51)39-68)27-31-57(55)75(56)58-52(63-71-59(42-14-5-1-6-15-42)69-60(72-63)43-16-7-2-8-17-43)22-13-23-53(58)64-73-61(44-18-9-3-10-19-44)70-62(74-64)45-20-11-4-12-21-45/h1-35H. The fourth-order valence-electron chi connectivity index (χ4n) is 9.52. The molecule has 0 aliphatic heterocycles. The van der Waals surface area contributed by atoms with Gasteiger partial charge in [0.05, 0.1) is 63.3 Å². The Labute approximate surface area is 430 Å². The third-order valence-corrected chi connectivity index (χ3v) is 13.1. The second-order valence-electron chi connectivity index (χ2n) is 17.5. The second kappa shape index (κ2) is 19.2. The summed E-state index contributed by atoms with van der Waals surface area (Å²) in [5.41, 5.74) is 11.1. The molecule has 0 atom stereocenters. The van der Waals surface area contributed by atoms with E-state index in [0.29, 0.717) is 85.1 Å². The number of nitrogens with zero attached hydrogens (tertiary/aromatic N) is 11. The van der Waals surface area contributed by atoms with Crippen LogP contribution in [0.1, 0.15) is 22.3 Å². The smallest absolute Gasteiger partial charge is 0.166 e. The maximum Gasteiger partial charge on any atom is 0.166 e. The number of fused-ring (bicyclic) bond motifs is 3. The zero-order valence-corrected chi connectivity index (χ0v) is 39.6. The van der Waals surface area contributed by atoms with Crippen molar-refractivity contribution in [3.05, 3.63) is 235 Å². The van der Waals surface area contributed by atoms with Crippen LogP contribution in [0.2, 0.25) is 0 Å². The molecule has 0 amide bonds. The summed E-state index contributed by atoms with van der Waals surface area (Å²) in [6.07, 6.45) is 0. The largest absolute Gasteiger partial charge is 0.308 e. The molecule has 0 saturated heterocycles. The Morgan fingerprint density at radius 1 is 0.280 bits per heavy atom. The highest BCUT2D eigenvalue weighted by atomic mass is 15.1. The molecule has 0 bridgehead atoms. The normalized spacial score (nSPS) is 10.9. The molecule has 75 heavy (non-hydrogen) atoms. The van der Waals surface area contributed by atoms with Gasteiger partial charge in [-0.15, -0.1) is 0 Å². The first kappa shape index (κ1) is 44.9. The number of rotatable bonds is 9. The van der Waals surface area contributed by atoms with E-state index in [-0.39, 0.29) is 0 Å². The van der Waals surface area contributed by atoms with Gasteiger partial charge in [-0.25, -0.2) is 29.9 Å². The molecule has 0 aliphatic rings. The van der Waals surface area contributed by atoms with E-state index in [1.165, 1.54) is 0 Å². The highest BCUT2D eigenvalue weighted by Crippen LogP contribution is 2.44. The van der Waals surface area contributed by atoms with Crippen molar-refractivity contribution < 1.29 is 0 Å². The average Bonchev–Trinajstić information content (AvgIpc) is 3.81. The zero-order chi connectivity index (χ0) is 50.8. The minimum Gasteiger partial charge on any atom is -0.308 e. The van der Waals surface area contributed by atoms with Crippen LogP contribution >= 0.6 is 0 Å². The van der Waals surface area contributed by atoms with Gasteiger partial charge in [0.25, 0.3) is 0 Å². The van der Waals surface area contributed by atoms with E-state index in [0.717, 1.165) is 55.2 Å². The molecule has 11 nitrogen and oxygen atoms in total. The molecule has 346 valence electrons. The fraction of sp³-hybridized carbons (Fsp3) is 0. The van der Waals surface area contributed by atoms with E-state index < -0.39 is 0 Å². The summed E-state index contributed by atoms with van der Waals surface area (Å²) < 4.78 is 2.18. The Morgan fingerprint density at radius 2 is 0.627 bits per heavy atom. The first-order valence-electron chi connectivity index (χ1n) is 23.8. The van der Waals surface area contributed by atoms with Crippen LogP contribution in [0.15, 0.2) is 212 Å². The number of hydrogen-bond acceptors (Lipinski definition) is 10. The van der Waals surface area contributed by atoms with E-state index >= 15 is 0 Å². The van der Waals surface area contributed by atoms with Crippen LogP contribution < -0.4 is 0 Å². The van der Waals surface area contributed by atoms with E-state index in [4.69, 9.17) is 29.9 Å². The van der Waals surface area contributed by atoms with E-state index in [2.05, 4.69) is 41.0 Å². The SMILES string of the molecule is N#Cc1ccc(-c2ccc3c(c2)c2cc(-c4ccc(C#N)cc4C#N)ccc2n3-c2c(-c3nc(-c4ccccc4)nc(-c4ccccc4)n3)cccc2-c2nc(-c3ccccc3)nc(-c3ccccc3)n2)c(C#N)c1. The topological polar surface area (TPSA) is 177 Å². The molecule has 12 aromatic rings. The van der Waals surface area contributed by atoms with Crippen LogP contribution in [0.25, 0.3) is 118 Å². The molecule has 12 rings (SSSR count). The lowest BCUT2D eigenvalue weighted by Crippen LogP contribution is -2.07. The fourth-order valence-corrected chi connectivity index (χ4v) is 9.52. The molecule has 9 aromatic carbocycles. The van der Waals surface area contributed by atoms with Crippen molar-refractivity contribution in [2.45, 2.75) is 0 Å². The Bertz CT molecular complexity index is 4000. The summed E-state index contributed by atoms with van der Waals surface area (Å²) in [6, 6.07) is 76.5. The summed E-state index contributed by atoms with van der Waals surface area (Å²) >= 11 is 0. The lowest BCUT2D eigenvalue weighted by atomic mass is 9.95. The van der Waals surface area contributed by atoms with Gasteiger partial charge in [0.1, 0.15) is 0 Å². The van der Waals surface area contributed by atoms with Crippen LogP contribution in [0.4, 0.5) is 0 Å². The third kappa shape index (κ3) is 8.33. The van der Waals surface area contributed by atoms with Crippen molar-refractivity contribution >= 4 is 21.8 Å². The first-order valence-corrected chi connectivity index (χ1v) is 23.8. The molecule has 0 aliphatic carbocycles. The van der Waals surface area contributed by atoms with Gasteiger partial charge in [-0.3, -0.25) is 0 Å². The molecule has 3 heterocycles. The van der Waals surface area contributed by atoms with Crippen LogP contribution in [-0.2, 0) is 0 Å².